The summed E-state index contributed by atoms with van der Waals surface area (Å²) in [6, 6.07) is 16.7. The van der Waals surface area contributed by atoms with Crippen LogP contribution in [0.15, 0.2) is 72.9 Å². The number of ether oxygens (including phenoxy) is 1. The van der Waals surface area contributed by atoms with Gasteiger partial charge in [-0.1, -0.05) is 41.9 Å². The van der Waals surface area contributed by atoms with E-state index in [0.717, 1.165) is 17.7 Å². The van der Waals surface area contributed by atoms with Crippen LogP contribution < -0.4 is 0 Å². The van der Waals surface area contributed by atoms with Crippen molar-refractivity contribution in [2.45, 2.75) is 39.0 Å². The fourth-order valence-electron chi connectivity index (χ4n) is 3.24. The number of halogens is 4. The van der Waals surface area contributed by atoms with E-state index >= 15 is 0 Å². The molecule has 1 heterocycles. The van der Waals surface area contributed by atoms with Gasteiger partial charge in [0, 0.05) is 23.2 Å². The molecule has 0 radical (unpaired) electrons. The lowest BCUT2D eigenvalue weighted by Gasteiger charge is -2.36. The largest absolute Gasteiger partial charge is 0.447 e. The van der Waals surface area contributed by atoms with Crippen LogP contribution >= 0.6 is 11.6 Å². The summed E-state index contributed by atoms with van der Waals surface area (Å²) < 4.78 is 46.7. The summed E-state index contributed by atoms with van der Waals surface area (Å²) in [5.41, 5.74) is -2.08. The normalized spacial score (nSPS) is 14.0. The van der Waals surface area contributed by atoms with Crippen LogP contribution in [0.1, 0.15) is 43.2 Å². The smallest absolute Gasteiger partial charge is 0.416 e. The van der Waals surface area contributed by atoms with Crippen molar-refractivity contribution in [3.05, 3.63) is 100 Å². The molecule has 2 aromatic carbocycles. The molecule has 3 rings (SSSR count). The van der Waals surface area contributed by atoms with Crippen LogP contribution in [0.25, 0.3) is 0 Å². The molecular weight excluding hydrogens is 439 g/mol. The van der Waals surface area contributed by atoms with E-state index in [-0.39, 0.29) is 12.0 Å². The topological polar surface area (TPSA) is 39.2 Å². The lowest BCUT2D eigenvalue weighted by molar-refractivity contribution is -0.167. The maximum absolute atomic E-state index is 13.5. The molecule has 0 saturated carbocycles. The highest BCUT2D eigenvalue weighted by Gasteiger charge is 2.44. The summed E-state index contributed by atoms with van der Waals surface area (Å²) in [5, 5.41) is 0.517. The van der Waals surface area contributed by atoms with Crippen molar-refractivity contribution in [2.75, 3.05) is 0 Å². The third kappa shape index (κ3) is 5.30. The Hall–Kier alpha value is -2.86. The Morgan fingerprint density at radius 1 is 0.938 bits per heavy atom. The Balaban J connectivity index is 2.27. The van der Waals surface area contributed by atoms with Gasteiger partial charge in [-0.3, -0.25) is 9.78 Å². The van der Waals surface area contributed by atoms with Crippen molar-refractivity contribution in [3.63, 3.8) is 0 Å². The first-order valence-corrected chi connectivity index (χ1v) is 10.4. The highest BCUT2D eigenvalue weighted by Crippen LogP contribution is 2.40. The number of hydrogen-bond acceptors (Lipinski definition) is 3. The first-order valence-electron chi connectivity index (χ1n) is 9.99. The van der Waals surface area contributed by atoms with E-state index in [9.17, 15) is 18.0 Å². The maximum Gasteiger partial charge on any atom is 0.416 e. The summed E-state index contributed by atoms with van der Waals surface area (Å²) in [4.78, 5) is 17.4. The summed E-state index contributed by atoms with van der Waals surface area (Å²) in [5.74, 6) is -0.561. The number of carbonyl (C=O) groups is 1. The third-order valence-electron chi connectivity index (χ3n) is 4.98. The van der Waals surface area contributed by atoms with Gasteiger partial charge in [0.25, 0.3) is 0 Å². The van der Waals surface area contributed by atoms with Gasteiger partial charge >= 0.3 is 12.1 Å². The second kappa shape index (κ2) is 8.94. The number of nitrogens with zero attached hydrogens (tertiary/aromatic N) is 1. The quantitative estimate of drug-likeness (QED) is 0.391. The average Bonchev–Trinajstić information content (AvgIpc) is 2.74. The van der Waals surface area contributed by atoms with E-state index in [1.807, 2.05) is 0 Å². The van der Waals surface area contributed by atoms with Crippen molar-refractivity contribution < 1.29 is 22.7 Å². The lowest BCUT2D eigenvalue weighted by Crippen LogP contribution is -2.40. The molecule has 1 atom stereocenters. The highest BCUT2D eigenvalue weighted by atomic mass is 35.5. The van der Waals surface area contributed by atoms with E-state index in [4.69, 9.17) is 16.3 Å². The van der Waals surface area contributed by atoms with Crippen molar-refractivity contribution in [1.29, 1.82) is 0 Å². The Bertz CT molecular complexity index is 1080. The van der Waals surface area contributed by atoms with Gasteiger partial charge < -0.3 is 4.74 Å². The fourth-order valence-corrected chi connectivity index (χ4v) is 3.36. The number of benzene rings is 2. The molecule has 3 nitrogen and oxygen atoms in total. The summed E-state index contributed by atoms with van der Waals surface area (Å²) in [6.07, 6.45) is -2.96. The number of pyridine rings is 1. The molecule has 1 aromatic heterocycles. The molecule has 0 N–H and O–H groups in total. The minimum absolute atomic E-state index is 0.0737. The van der Waals surface area contributed by atoms with E-state index in [0.29, 0.717) is 10.7 Å². The highest BCUT2D eigenvalue weighted by molar-refractivity contribution is 6.30. The number of rotatable bonds is 5. The van der Waals surface area contributed by atoms with E-state index in [2.05, 4.69) is 4.98 Å². The van der Waals surface area contributed by atoms with Crippen molar-refractivity contribution >= 4 is 17.6 Å². The zero-order chi connectivity index (χ0) is 23.6. The van der Waals surface area contributed by atoms with Crippen LogP contribution in [0, 0.1) is 5.41 Å². The van der Waals surface area contributed by atoms with Crippen LogP contribution in [0.3, 0.4) is 0 Å². The molecule has 0 fully saturated rings. The molecule has 7 heteroatoms. The summed E-state index contributed by atoms with van der Waals surface area (Å²) >= 11 is 6.01. The second-order valence-corrected chi connectivity index (χ2v) is 9.00. The van der Waals surface area contributed by atoms with Gasteiger partial charge in [0.15, 0.2) is 5.60 Å². The third-order valence-corrected chi connectivity index (χ3v) is 5.23. The first-order chi connectivity index (χ1) is 14.9. The number of carbonyl (C=O) groups excluding carboxylic acids is 1. The van der Waals surface area contributed by atoms with Gasteiger partial charge in [-0.15, -0.1) is 0 Å². The summed E-state index contributed by atoms with van der Waals surface area (Å²) in [7, 11) is 0. The Kier molecular flexibility index (Phi) is 6.65. The van der Waals surface area contributed by atoms with Gasteiger partial charge in [0.2, 0.25) is 0 Å². The number of hydrogen-bond donors (Lipinski definition) is 0. The van der Waals surface area contributed by atoms with Crippen LogP contribution in [0.5, 0.6) is 0 Å². The molecular formula is C25H23ClF3NO2. The van der Waals surface area contributed by atoms with Gasteiger partial charge in [-0.25, -0.2) is 0 Å². The molecule has 3 aromatic rings. The molecule has 0 aliphatic heterocycles. The zero-order valence-corrected chi connectivity index (χ0v) is 18.7. The lowest BCUT2D eigenvalue weighted by atomic mass is 9.82. The molecule has 0 amide bonds. The SMILES string of the molecule is CC(C)(C)C(=O)OC(Cc1ccc(Cl)cc1)(c1cccc(C(F)(F)F)c1)c1ccccn1. The predicted octanol–water partition coefficient (Wildman–Crippen LogP) is 6.83. The van der Waals surface area contributed by atoms with Crippen molar-refractivity contribution in [3.8, 4) is 0 Å². The molecule has 0 spiro atoms. The van der Waals surface area contributed by atoms with Crippen molar-refractivity contribution in [2.24, 2.45) is 5.41 Å². The minimum atomic E-state index is -4.56. The van der Waals surface area contributed by atoms with Crippen molar-refractivity contribution in [1.82, 2.24) is 4.98 Å². The van der Waals surface area contributed by atoms with Gasteiger partial charge in [-0.05, 0) is 62.7 Å². The van der Waals surface area contributed by atoms with Gasteiger partial charge in [0.05, 0.1) is 16.7 Å². The number of aromatic nitrogens is 1. The molecule has 0 saturated heterocycles. The minimum Gasteiger partial charge on any atom is -0.447 e. The predicted molar refractivity (Wildman–Crippen MR) is 117 cm³/mol. The molecule has 0 bridgehead atoms. The van der Waals surface area contributed by atoms with Crippen LogP contribution in [0.2, 0.25) is 5.02 Å². The Labute approximate surface area is 190 Å². The maximum atomic E-state index is 13.5. The number of alkyl halides is 3. The molecule has 0 aliphatic rings. The molecule has 0 aliphatic carbocycles. The molecule has 32 heavy (non-hydrogen) atoms. The Morgan fingerprint density at radius 3 is 2.16 bits per heavy atom. The standard InChI is InChI=1S/C25H23ClF3NO2/c1-23(2,3)22(31)32-24(21-9-4-5-14-30-21,16-17-10-12-20(26)13-11-17)18-7-6-8-19(15-18)25(27,28)29/h4-15H,16H2,1-3H3. The van der Waals surface area contributed by atoms with Crippen LogP contribution in [0.4, 0.5) is 13.2 Å². The monoisotopic (exact) mass is 461 g/mol. The van der Waals surface area contributed by atoms with E-state index in [1.54, 1.807) is 63.2 Å². The van der Waals surface area contributed by atoms with E-state index < -0.39 is 28.7 Å². The first kappa shape index (κ1) is 23.8. The Morgan fingerprint density at radius 2 is 1.59 bits per heavy atom. The van der Waals surface area contributed by atoms with Gasteiger partial charge in [0.1, 0.15) is 0 Å². The molecule has 168 valence electrons. The summed E-state index contributed by atoms with van der Waals surface area (Å²) in [6.45, 7) is 5.06. The van der Waals surface area contributed by atoms with Crippen LogP contribution in [-0.2, 0) is 27.7 Å². The second-order valence-electron chi connectivity index (χ2n) is 8.56. The number of esters is 1. The zero-order valence-electron chi connectivity index (χ0n) is 17.9. The molecule has 1 unspecified atom stereocenters. The van der Waals surface area contributed by atoms with E-state index in [1.165, 1.54) is 18.3 Å². The average molecular weight is 462 g/mol. The van der Waals surface area contributed by atoms with Crippen LogP contribution in [-0.4, -0.2) is 11.0 Å². The van der Waals surface area contributed by atoms with Gasteiger partial charge in [-0.2, -0.15) is 13.2 Å². The fraction of sp³-hybridized carbons (Fsp3) is 0.280.